The molecule has 2 heterocycles. The van der Waals surface area contributed by atoms with Gasteiger partial charge in [-0.3, -0.25) is 14.2 Å². The second-order valence-electron chi connectivity index (χ2n) is 11.3. The Kier molecular flexibility index (Phi) is 7.26. The van der Waals surface area contributed by atoms with Crippen molar-refractivity contribution < 1.29 is 23.5 Å². The first-order valence-electron chi connectivity index (χ1n) is 14.2. The number of para-hydroxylation sites is 2. The first-order chi connectivity index (χ1) is 19.9. The molecule has 1 saturated carbocycles. The van der Waals surface area contributed by atoms with Crippen molar-refractivity contribution in [1.29, 1.82) is 0 Å². The first kappa shape index (κ1) is 27.0. The molecule has 0 amide bonds. The Labute approximate surface area is 238 Å². The molecule has 2 aliphatic rings. The van der Waals surface area contributed by atoms with Gasteiger partial charge in [-0.15, -0.1) is 0 Å². The number of aromatic nitrogens is 1. The highest BCUT2D eigenvalue weighted by Crippen LogP contribution is 2.48. The Morgan fingerprint density at radius 2 is 1.68 bits per heavy atom. The molecule has 0 unspecified atom stereocenters. The van der Waals surface area contributed by atoms with E-state index in [1.54, 1.807) is 22.8 Å². The molecule has 212 valence electrons. The Balaban J connectivity index is 1.05. The average molecular weight is 555 g/mol. The quantitative estimate of drug-likeness (QED) is 0.204. The number of benzene rings is 3. The van der Waals surface area contributed by atoms with Gasteiger partial charge < -0.3 is 18.8 Å². The van der Waals surface area contributed by atoms with Crippen LogP contribution in [0.25, 0.3) is 11.1 Å². The zero-order valence-electron chi connectivity index (χ0n) is 23.4. The lowest BCUT2D eigenvalue weighted by Crippen LogP contribution is -2.42. The van der Waals surface area contributed by atoms with Crippen molar-refractivity contribution >= 4 is 23.4 Å². The number of nitrogens with zero attached hydrogens (tertiary/aromatic N) is 2. The highest BCUT2D eigenvalue weighted by atomic mass is 16.5. The SMILES string of the molecule is CN(CCCn1c(=O)oc2cc(C=O)ccc21)[C@H]1CC[C@H](OC(=O)C2(C)c3ccccc3Oc3ccccc32)CC1. The van der Waals surface area contributed by atoms with Crippen LogP contribution in [0.5, 0.6) is 11.5 Å². The van der Waals surface area contributed by atoms with Crippen molar-refractivity contribution in [2.45, 2.75) is 63.1 Å². The maximum Gasteiger partial charge on any atom is 0.419 e. The fourth-order valence-corrected chi connectivity index (χ4v) is 6.32. The van der Waals surface area contributed by atoms with E-state index in [2.05, 4.69) is 11.9 Å². The highest BCUT2D eigenvalue weighted by molar-refractivity contribution is 5.90. The van der Waals surface area contributed by atoms with Gasteiger partial charge in [-0.2, -0.15) is 0 Å². The minimum absolute atomic E-state index is 0.127. The highest BCUT2D eigenvalue weighted by Gasteiger charge is 2.46. The fourth-order valence-electron chi connectivity index (χ4n) is 6.32. The topological polar surface area (TPSA) is 91.0 Å². The number of fused-ring (bicyclic) bond motifs is 3. The van der Waals surface area contributed by atoms with E-state index in [4.69, 9.17) is 13.9 Å². The van der Waals surface area contributed by atoms with Crippen molar-refractivity contribution in [3.63, 3.8) is 0 Å². The summed E-state index contributed by atoms with van der Waals surface area (Å²) in [7, 11) is 2.11. The predicted molar refractivity (Wildman–Crippen MR) is 155 cm³/mol. The van der Waals surface area contributed by atoms with Crippen LogP contribution in [-0.2, 0) is 21.5 Å². The van der Waals surface area contributed by atoms with Crippen LogP contribution in [0.4, 0.5) is 0 Å². The van der Waals surface area contributed by atoms with Gasteiger partial charge in [-0.25, -0.2) is 4.79 Å². The number of carbonyl (C=O) groups is 2. The summed E-state index contributed by atoms with van der Waals surface area (Å²) in [5.41, 5.74) is 2.33. The molecule has 6 rings (SSSR count). The third-order valence-corrected chi connectivity index (χ3v) is 8.74. The third-order valence-electron chi connectivity index (χ3n) is 8.74. The van der Waals surface area contributed by atoms with Crippen LogP contribution in [-0.4, -0.2) is 47.5 Å². The molecule has 0 bridgehead atoms. The summed E-state index contributed by atoms with van der Waals surface area (Å²) in [5, 5.41) is 0. The Bertz CT molecular complexity index is 1600. The second-order valence-corrected chi connectivity index (χ2v) is 11.3. The molecule has 0 spiro atoms. The molecule has 1 aliphatic carbocycles. The van der Waals surface area contributed by atoms with Gasteiger partial charge in [0.05, 0.1) is 5.52 Å². The van der Waals surface area contributed by atoms with Gasteiger partial charge in [0.2, 0.25) is 0 Å². The van der Waals surface area contributed by atoms with Crippen molar-refractivity contribution in [2.75, 3.05) is 13.6 Å². The lowest BCUT2D eigenvalue weighted by Gasteiger charge is -2.38. The van der Waals surface area contributed by atoms with Crippen molar-refractivity contribution in [3.05, 3.63) is 94.0 Å². The minimum atomic E-state index is -0.941. The standard InChI is InChI=1S/C33H34N2O6/c1-33(25-8-3-5-10-28(25)40-29-11-6-4-9-26(29)33)31(37)39-24-15-13-23(14-16-24)34(2)18-7-19-35-27-17-12-22(21-36)20-30(27)41-32(35)38/h3-6,8-12,17,20-21,23-24H,7,13-16,18-19H2,1-2H3/t23-,24-. The van der Waals surface area contributed by atoms with E-state index in [1.165, 1.54) is 0 Å². The van der Waals surface area contributed by atoms with Gasteiger partial charge in [0.25, 0.3) is 0 Å². The van der Waals surface area contributed by atoms with Crippen LogP contribution in [0.1, 0.15) is 60.5 Å². The molecular formula is C33H34N2O6. The summed E-state index contributed by atoms with van der Waals surface area (Å²) in [5.74, 6) is 0.729. The number of hydrogen-bond acceptors (Lipinski definition) is 7. The number of rotatable bonds is 8. The van der Waals surface area contributed by atoms with Gasteiger partial charge in [0.1, 0.15) is 29.3 Å². The van der Waals surface area contributed by atoms with E-state index in [0.717, 1.165) is 56.1 Å². The van der Waals surface area contributed by atoms with Crippen LogP contribution in [0.2, 0.25) is 0 Å². The third kappa shape index (κ3) is 4.97. The van der Waals surface area contributed by atoms with E-state index < -0.39 is 11.2 Å². The summed E-state index contributed by atoms with van der Waals surface area (Å²) in [4.78, 5) is 39.5. The molecule has 0 radical (unpaired) electrons. The summed E-state index contributed by atoms with van der Waals surface area (Å²) >= 11 is 0. The van der Waals surface area contributed by atoms with Crippen molar-refractivity contribution in [2.24, 2.45) is 0 Å². The first-order valence-corrected chi connectivity index (χ1v) is 14.2. The maximum atomic E-state index is 13.8. The van der Waals surface area contributed by atoms with E-state index >= 15 is 0 Å². The van der Waals surface area contributed by atoms with Gasteiger partial charge >= 0.3 is 11.7 Å². The van der Waals surface area contributed by atoms with Gasteiger partial charge in [-0.1, -0.05) is 36.4 Å². The van der Waals surface area contributed by atoms with Gasteiger partial charge in [-0.05, 0) is 83.0 Å². The molecule has 1 aliphatic heterocycles. The van der Waals surface area contributed by atoms with E-state index in [1.807, 2.05) is 55.5 Å². The Morgan fingerprint density at radius 3 is 2.34 bits per heavy atom. The molecule has 1 aromatic heterocycles. The van der Waals surface area contributed by atoms with Crippen LogP contribution in [0, 0.1) is 0 Å². The normalized spacial score (nSPS) is 19.3. The number of ether oxygens (including phenoxy) is 2. The van der Waals surface area contributed by atoms with Gasteiger partial charge in [0.15, 0.2) is 5.58 Å². The second kappa shape index (κ2) is 11.0. The lowest BCUT2D eigenvalue weighted by atomic mass is 9.74. The molecule has 8 heteroatoms. The molecule has 0 atom stereocenters. The molecule has 0 N–H and O–H groups in total. The average Bonchev–Trinajstić information content (AvgIpc) is 3.31. The summed E-state index contributed by atoms with van der Waals surface area (Å²) in [6.07, 6.45) is 4.88. The number of esters is 1. The molecule has 4 aromatic rings. The van der Waals surface area contributed by atoms with Crippen LogP contribution < -0.4 is 10.5 Å². The molecule has 1 fully saturated rings. The molecule has 41 heavy (non-hydrogen) atoms. The fraction of sp³-hybridized carbons (Fsp3) is 0.364. The monoisotopic (exact) mass is 554 g/mol. The number of hydrogen-bond donors (Lipinski definition) is 0. The number of carbonyl (C=O) groups excluding carboxylic acids is 2. The minimum Gasteiger partial charge on any atom is -0.461 e. The van der Waals surface area contributed by atoms with Crippen LogP contribution in [0.3, 0.4) is 0 Å². The molecule has 3 aromatic carbocycles. The maximum absolute atomic E-state index is 13.8. The Hall–Kier alpha value is -4.17. The Morgan fingerprint density at radius 1 is 1.02 bits per heavy atom. The lowest BCUT2D eigenvalue weighted by molar-refractivity contribution is -0.156. The largest absolute Gasteiger partial charge is 0.461 e. The number of aryl methyl sites for hydroxylation is 1. The van der Waals surface area contributed by atoms with Crippen LogP contribution in [0.15, 0.2) is 75.9 Å². The summed E-state index contributed by atoms with van der Waals surface area (Å²) in [6.45, 7) is 3.30. The van der Waals surface area contributed by atoms with Crippen molar-refractivity contribution in [1.82, 2.24) is 9.47 Å². The zero-order valence-corrected chi connectivity index (χ0v) is 23.4. The van der Waals surface area contributed by atoms with E-state index in [0.29, 0.717) is 40.7 Å². The van der Waals surface area contributed by atoms with Crippen molar-refractivity contribution in [3.8, 4) is 11.5 Å². The van der Waals surface area contributed by atoms with Crippen LogP contribution >= 0.6 is 0 Å². The predicted octanol–water partition coefficient (Wildman–Crippen LogP) is 5.70. The smallest absolute Gasteiger partial charge is 0.419 e. The summed E-state index contributed by atoms with van der Waals surface area (Å²) < 4.78 is 19.3. The molecule has 8 nitrogen and oxygen atoms in total. The number of aldehydes is 1. The van der Waals surface area contributed by atoms with E-state index in [-0.39, 0.29) is 12.1 Å². The summed E-state index contributed by atoms with van der Waals surface area (Å²) in [6, 6.07) is 20.8. The van der Waals surface area contributed by atoms with E-state index in [9.17, 15) is 14.4 Å². The molecular weight excluding hydrogens is 520 g/mol. The van der Waals surface area contributed by atoms with Gasteiger partial charge in [0, 0.05) is 29.3 Å². The number of oxazole rings is 1. The zero-order chi connectivity index (χ0) is 28.6. The molecule has 0 saturated heterocycles.